The highest BCUT2D eigenvalue weighted by molar-refractivity contribution is 7.89. The molecule has 2 rings (SSSR count). The SMILES string of the molecule is Cc1c(S(=O)(=O)NCC(F)(F)CN)c2ccccc2n1C. The molecule has 0 aliphatic carbocycles. The summed E-state index contributed by atoms with van der Waals surface area (Å²) in [5.41, 5.74) is 6.12. The summed E-state index contributed by atoms with van der Waals surface area (Å²) in [5, 5.41) is 0.501. The van der Waals surface area contributed by atoms with E-state index in [1.54, 1.807) is 42.8 Å². The normalized spacial score (nSPS) is 13.0. The van der Waals surface area contributed by atoms with E-state index in [1.807, 2.05) is 4.72 Å². The molecule has 0 spiro atoms. The lowest BCUT2D eigenvalue weighted by Gasteiger charge is -2.15. The summed E-state index contributed by atoms with van der Waals surface area (Å²) in [5.74, 6) is -3.27. The summed E-state index contributed by atoms with van der Waals surface area (Å²) < 4.78 is 54.7. The van der Waals surface area contributed by atoms with Gasteiger partial charge >= 0.3 is 0 Å². The lowest BCUT2D eigenvalue weighted by atomic mass is 10.2. The number of sulfonamides is 1. The number of nitrogens with two attached hydrogens (primary N) is 1. The van der Waals surface area contributed by atoms with Crippen molar-refractivity contribution in [1.29, 1.82) is 0 Å². The fourth-order valence-corrected chi connectivity index (χ4v) is 3.70. The third kappa shape index (κ3) is 2.92. The Balaban J connectivity index is 2.48. The fraction of sp³-hybridized carbons (Fsp3) is 0.385. The summed E-state index contributed by atoms with van der Waals surface area (Å²) in [6.07, 6.45) is 0. The molecule has 1 aromatic carbocycles. The summed E-state index contributed by atoms with van der Waals surface area (Å²) in [4.78, 5) is 0.0217. The quantitative estimate of drug-likeness (QED) is 0.874. The first-order valence-corrected chi connectivity index (χ1v) is 7.79. The predicted molar refractivity (Wildman–Crippen MR) is 76.8 cm³/mol. The van der Waals surface area contributed by atoms with Crippen molar-refractivity contribution in [3.8, 4) is 0 Å². The van der Waals surface area contributed by atoms with Gasteiger partial charge in [0.15, 0.2) is 0 Å². The van der Waals surface area contributed by atoms with Gasteiger partial charge in [-0.15, -0.1) is 0 Å². The van der Waals surface area contributed by atoms with Gasteiger partial charge in [0.1, 0.15) is 4.90 Å². The van der Waals surface area contributed by atoms with Crippen LogP contribution in [0.1, 0.15) is 5.69 Å². The molecule has 0 amide bonds. The highest BCUT2D eigenvalue weighted by atomic mass is 32.2. The molecule has 2 aromatic rings. The minimum absolute atomic E-state index is 0.0217. The monoisotopic (exact) mass is 317 g/mol. The number of alkyl halides is 2. The number of nitrogens with one attached hydrogen (secondary N) is 1. The van der Waals surface area contributed by atoms with Crippen molar-refractivity contribution >= 4 is 20.9 Å². The maximum Gasteiger partial charge on any atom is 0.273 e. The zero-order chi connectivity index (χ0) is 15.8. The van der Waals surface area contributed by atoms with Gasteiger partial charge < -0.3 is 10.3 Å². The average Bonchev–Trinajstić information content (AvgIpc) is 2.70. The molecule has 5 nitrogen and oxygen atoms in total. The number of rotatable bonds is 5. The van der Waals surface area contributed by atoms with Gasteiger partial charge in [-0.05, 0) is 13.0 Å². The molecule has 0 bridgehead atoms. The van der Waals surface area contributed by atoms with Gasteiger partial charge in [0.05, 0.1) is 13.1 Å². The molecule has 1 aromatic heterocycles. The lowest BCUT2D eigenvalue weighted by molar-refractivity contribution is 0.0170. The van der Waals surface area contributed by atoms with Crippen LogP contribution in [0.5, 0.6) is 0 Å². The second kappa shape index (κ2) is 5.36. The number of hydrogen-bond acceptors (Lipinski definition) is 3. The Morgan fingerprint density at radius 2 is 1.95 bits per heavy atom. The molecule has 3 N–H and O–H groups in total. The number of para-hydroxylation sites is 1. The highest BCUT2D eigenvalue weighted by Gasteiger charge is 2.31. The van der Waals surface area contributed by atoms with Crippen LogP contribution in [0.15, 0.2) is 29.2 Å². The minimum atomic E-state index is -4.05. The molecule has 0 saturated heterocycles. The molecule has 116 valence electrons. The van der Waals surface area contributed by atoms with Crippen LogP contribution in [0.25, 0.3) is 10.9 Å². The van der Waals surface area contributed by atoms with Crippen molar-refractivity contribution in [3.05, 3.63) is 30.0 Å². The van der Waals surface area contributed by atoms with Crippen molar-refractivity contribution in [1.82, 2.24) is 9.29 Å². The molecule has 21 heavy (non-hydrogen) atoms. The Morgan fingerprint density at radius 3 is 2.57 bits per heavy atom. The molecule has 0 aliphatic rings. The average molecular weight is 317 g/mol. The van der Waals surface area contributed by atoms with Gasteiger partial charge in [0.2, 0.25) is 10.0 Å². The van der Waals surface area contributed by atoms with E-state index in [1.165, 1.54) is 0 Å². The van der Waals surface area contributed by atoms with Crippen LogP contribution in [0, 0.1) is 6.92 Å². The number of hydrogen-bond donors (Lipinski definition) is 2. The number of fused-ring (bicyclic) bond motifs is 1. The van der Waals surface area contributed by atoms with E-state index in [4.69, 9.17) is 5.73 Å². The third-order valence-corrected chi connectivity index (χ3v) is 5.01. The van der Waals surface area contributed by atoms with Crippen molar-refractivity contribution in [2.24, 2.45) is 12.8 Å². The van der Waals surface area contributed by atoms with Gasteiger partial charge in [-0.25, -0.2) is 21.9 Å². The van der Waals surface area contributed by atoms with Crippen LogP contribution in [0.2, 0.25) is 0 Å². The maximum absolute atomic E-state index is 13.2. The summed E-state index contributed by atoms with van der Waals surface area (Å²) >= 11 is 0. The molecule has 0 atom stereocenters. The number of halogens is 2. The molecule has 0 saturated carbocycles. The molecular formula is C13H17F2N3O2S. The van der Waals surface area contributed by atoms with Crippen LogP contribution in [0.4, 0.5) is 8.78 Å². The van der Waals surface area contributed by atoms with Gasteiger partial charge in [-0.3, -0.25) is 0 Å². The van der Waals surface area contributed by atoms with Crippen molar-refractivity contribution < 1.29 is 17.2 Å². The van der Waals surface area contributed by atoms with Gasteiger partial charge in [0.25, 0.3) is 5.92 Å². The maximum atomic E-state index is 13.2. The topological polar surface area (TPSA) is 77.1 Å². The third-order valence-electron chi connectivity index (χ3n) is 3.43. The number of aryl methyl sites for hydroxylation is 1. The van der Waals surface area contributed by atoms with E-state index in [-0.39, 0.29) is 4.90 Å². The predicted octanol–water partition coefficient (Wildman–Crippen LogP) is 1.36. The second-order valence-corrected chi connectivity index (χ2v) is 6.58. The van der Waals surface area contributed by atoms with Crippen molar-refractivity contribution in [2.45, 2.75) is 17.7 Å². The van der Waals surface area contributed by atoms with Gasteiger partial charge in [0, 0.05) is 23.6 Å². The summed E-state index contributed by atoms with van der Waals surface area (Å²) in [6.45, 7) is -0.297. The first-order chi connectivity index (χ1) is 9.69. The summed E-state index contributed by atoms with van der Waals surface area (Å²) in [7, 11) is -2.32. The van der Waals surface area contributed by atoms with Crippen molar-refractivity contribution in [2.75, 3.05) is 13.1 Å². The highest BCUT2D eigenvalue weighted by Crippen LogP contribution is 2.28. The first kappa shape index (κ1) is 15.9. The van der Waals surface area contributed by atoms with Gasteiger partial charge in [-0.1, -0.05) is 18.2 Å². The van der Waals surface area contributed by atoms with E-state index >= 15 is 0 Å². The molecule has 8 heteroatoms. The Kier molecular flexibility index (Phi) is 4.05. The van der Waals surface area contributed by atoms with E-state index in [2.05, 4.69) is 0 Å². The Morgan fingerprint density at radius 1 is 1.33 bits per heavy atom. The van der Waals surface area contributed by atoms with E-state index in [0.29, 0.717) is 11.1 Å². The Labute approximate surface area is 121 Å². The zero-order valence-corrected chi connectivity index (χ0v) is 12.5. The molecule has 0 fully saturated rings. The molecule has 0 unspecified atom stereocenters. The van der Waals surface area contributed by atoms with Crippen LogP contribution in [0.3, 0.4) is 0 Å². The molecule has 1 heterocycles. The van der Waals surface area contributed by atoms with Crippen LogP contribution >= 0.6 is 0 Å². The second-order valence-electron chi connectivity index (χ2n) is 4.88. The van der Waals surface area contributed by atoms with Crippen LogP contribution in [-0.2, 0) is 17.1 Å². The largest absolute Gasteiger partial charge is 0.347 e. The zero-order valence-electron chi connectivity index (χ0n) is 11.7. The Bertz CT molecular complexity index is 769. The molecule has 0 radical (unpaired) electrons. The smallest absolute Gasteiger partial charge is 0.273 e. The fourth-order valence-electron chi connectivity index (χ4n) is 2.17. The van der Waals surface area contributed by atoms with Crippen LogP contribution < -0.4 is 10.5 Å². The molecular weight excluding hydrogens is 300 g/mol. The standard InChI is InChI=1S/C13H17F2N3O2S/c1-9-12(10-5-3-4-6-11(10)18(9)2)21(19,20)17-8-13(14,15)7-16/h3-6,17H,7-8,16H2,1-2H3. The molecule has 0 aliphatic heterocycles. The van der Waals surface area contributed by atoms with E-state index in [0.717, 1.165) is 5.52 Å². The minimum Gasteiger partial charge on any atom is -0.347 e. The van der Waals surface area contributed by atoms with Gasteiger partial charge in [-0.2, -0.15) is 0 Å². The number of nitrogens with zero attached hydrogens (tertiary/aromatic N) is 1. The lowest BCUT2D eigenvalue weighted by Crippen LogP contribution is -2.41. The number of benzene rings is 1. The van der Waals surface area contributed by atoms with E-state index < -0.39 is 29.0 Å². The summed E-state index contributed by atoms with van der Waals surface area (Å²) in [6, 6.07) is 6.91. The van der Waals surface area contributed by atoms with Crippen molar-refractivity contribution in [3.63, 3.8) is 0 Å². The Hall–Kier alpha value is -1.51. The van der Waals surface area contributed by atoms with E-state index in [9.17, 15) is 17.2 Å². The number of aromatic nitrogens is 1. The van der Waals surface area contributed by atoms with Crippen LogP contribution in [-0.4, -0.2) is 32.0 Å². The first-order valence-electron chi connectivity index (χ1n) is 6.31.